The number of rotatable bonds is 9. The molecule has 252 valence electrons. The van der Waals surface area contributed by atoms with Crippen LogP contribution < -0.4 is 21.1 Å². The van der Waals surface area contributed by atoms with Gasteiger partial charge in [0, 0.05) is 12.0 Å². The number of para-hydroxylation sites is 1. The molecule has 2 bridgehead atoms. The van der Waals surface area contributed by atoms with Crippen molar-refractivity contribution in [3.05, 3.63) is 64.8 Å². The predicted molar refractivity (Wildman–Crippen MR) is 182 cm³/mol. The van der Waals surface area contributed by atoms with E-state index in [0.29, 0.717) is 34.9 Å². The summed E-state index contributed by atoms with van der Waals surface area (Å²) in [7, 11) is 4.74. The molecule has 2 heterocycles. The van der Waals surface area contributed by atoms with Gasteiger partial charge in [-0.3, -0.25) is 9.69 Å². The highest BCUT2D eigenvalue weighted by Gasteiger charge is 2.38. The Bertz CT molecular complexity index is 1580. The smallest absolute Gasteiger partial charge is 0.421 e. The number of nitrogens with one attached hydrogen (secondary N) is 2. The first-order chi connectivity index (χ1) is 22.5. The Balaban J connectivity index is 1.15. The van der Waals surface area contributed by atoms with Gasteiger partial charge in [-0.2, -0.15) is 18.2 Å². The third kappa shape index (κ3) is 7.51. The van der Waals surface area contributed by atoms with Crippen molar-refractivity contribution in [2.75, 3.05) is 30.8 Å². The van der Waals surface area contributed by atoms with Crippen LogP contribution in [0.5, 0.6) is 5.75 Å². The Morgan fingerprint density at radius 1 is 1.06 bits per heavy atom. The van der Waals surface area contributed by atoms with Crippen molar-refractivity contribution in [3.8, 4) is 5.75 Å². The molecule has 4 atom stereocenters. The zero-order valence-electron chi connectivity index (χ0n) is 26.9. The summed E-state index contributed by atoms with van der Waals surface area (Å²) in [6, 6.07) is 10.6. The van der Waals surface area contributed by atoms with Gasteiger partial charge in [-0.15, -0.1) is 9.24 Å². The highest BCUT2D eigenvalue weighted by atomic mass is 31.0. The summed E-state index contributed by atoms with van der Waals surface area (Å²) >= 11 is 0. The quantitative estimate of drug-likeness (QED) is 0.199. The second-order valence-corrected chi connectivity index (χ2v) is 14.1. The van der Waals surface area contributed by atoms with Crippen LogP contribution in [0.1, 0.15) is 84.3 Å². The van der Waals surface area contributed by atoms with Gasteiger partial charge < -0.3 is 21.1 Å². The van der Waals surface area contributed by atoms with Gasteiger partial charge in [0.25, 0.3) is 5.91 Å². The molecule has 3 aromatic rings. The van der Waals surface area contributed by atoms with Crippen LogP contribution in [0.3, 0.4) is 0 Å². The molecule has 4 unspecified atom stereocenters. The fraction of sp³-hybridized carbons (Fsp3) is 0.514. The molecule has 4 N–H and O–H groups in total. The summed E-state index contributed by atoms with van der Waals surface area (Å²) in [5.74, 6) is 2.77. The zero-order chi connectivity index (χ0) is 33.3. The maximum absolute atomic E-state index is 14.0. The minimum absolute atomic E-state index is 0.0545. The van der Waals surface area contributed by atoms with Gasteiger partial charge >= 0.3 is 6.18 Å². The number of methoxy groups -OCH3 is 1. The Hall–Kier alpha value is -3.43. The van der Waals surface area contributed by atoms with Gasteiger partial charge in [-0.1, -0.05) is 37.5 Å². The maximum atomic E-state index is 14.0. The lowest BCUT2D eigenvalue weighted by Gasteiger charge is -2.45. The lowest BCUT2D eigenvalue weighted by Crippen LogP contribution is -2.44. The monoisotopic (exact) mass is 668 g/mol. The van der Waals surface area contributed by atoms with Gasteiger partial charge in [0.2, 0.25) is 5.95 Å². The number of fused-ring (bicyclic) bond motifs is 2. The molecule has 47 heavy (non-hydrogen) atoms. The number of carbonyl (C=O) groups is 1. The standard InChI is InChI=1S/C35H44F3N6O2P/c1-20-5-3-8-26(31(39)45)30(20)42-32-27(35(36,37)38)19-40-34(43-32)41-28-10-9-24(18-29(28)46-2)23-11-13-44(14-12-23)33(47)25-16-21-6-4-7-22(15-21)17-25/h3,5,8-10,18-19,21-23,25,33H,4,6-7,11-17,47H2,1-2H3,(H2,39,45)(H2,40,41,42,43). The molecular formula is C35H44F3N6O2P. The van der Waals surface area contributed by atoms with Gasteiger partial charge in [-0.25, -0.2) is 4.98 Å². The number of carbonyl (C=O) groups excluding carboxylic acids is 1. The molecule has 2 aromatic carbocycles. The first-order valence-corrected chi connectivity index (χ1v) is 17.2. The van der Waals surface area contributed by atoms with Crippen LogP contribution in [-0.2, 0) is 6.18 Å². The van der Waals surface area contributed by atoms with Crippen LogP contribution in [-0.4, -0.2) is 46.8 Å². The summed E-state index contributed by atoms with van der Waals surface area (Å²) in [4.78, 5) is 22.8. The number of piperidine rings is 1. The molecule has 2 aliphatic carbocycles. The lowest BCUT2D eigenvalue weighted by molar-refractivity contribution is -0.137. The molecule has 0 spiro atoms. The van der Waals surface area contributed by atoms with Gasteiger partial charge in [0.15, 0.2) is 0 Å². The Morgan fingerprint density at radius 3 is 2.45 bits per heavy atom. The number of nitrogens with two attached hydrogens (primary N) is 1. The van der Waals surface area contributed by atoms with Crippen molar-refractivity contribution in [1.82, 2.24) is 14.9 Å². The summed E-state index contributed by atoms with van der Waals surface area (Å²) in [6.45, 7) is 3.78. The molecule has 0 radical (unpaired) electrons. The van der Waals surface area contributed by atoms with E-state index in [-0.39, 0.29) is 17.2 Å². The second-order valence-electron chi connectivity index (χ2n) is 13.5. The summed E-state index contributed by atoms with van der Waals surface area (Å²) in [6.07, 6.45) is 6.51. The fourth-order valence-corrected chi connectivity index (χ4v) is 8.59. The van der Waals surface area contributed by atoms with Crippen LogP contribution in [0, 0.1) is 24.7 Å². The number of aryl methyl sites for hydroxylation is 1. The van der Waals surface area contributed by atoms with E-state index in [9.17, 15) is 18.0 Å². The second kappa shape index (κ2) is 14.0. The SMILES string of the molecule is COc1cc(C2CCN(C(P)C3CC4CCCC(C4)C3)CC2)ccc1Nc1ncc(C(F)(F)F)c(Nc2c(C)cccc2C(N)=O)n1. The summed E-state index contributed by atoms with van der Waals surface area (Å²) in [5.41, 5.74) is 6.87. The van der Waals surface area contributed by atoms with E-state index in [1.165, 1.54) is 50.2 Å². The third-order valence-corrected chi connectivity index (χ3v) is 11.4. The number of amides is 1. The fourth-order valence-electron chi connectivity index (χ4n) is 7.98. The van der Waals surface area contributed by atoms with Gasteiger partial charge in [-0.05, 0) is 105 Å². The highest BCUT2D eigenvalue weighted by molar-refractivity contribution is 7.17. The average molecular weight is 669 g/mol. The Morgan fingerprint density at radius 2 is 1.79 bits per heavy atom. The van der Waals surface area contributed by atoms with E-state index < -0.39 is 23.5 Å². The number of ether oxygens (including phenoxy) is 1. The molecule has 8 nitrogen and oxygen atoms in total. The number of primary amides is 1. The molecular weight excluding hydrogens is 624 g/mol. The Kier molecular flexibility index (Phi) is 9.95. The summed E-state index contributed by atoms with van der Waals surface area (Å²) < 4.78 is 47.6. The number of hydrogen-bond acceptors (Lipinski definition) is 7. The van der Waals surface area contributed by atoms with Crippen LogP contribution in [0.2, 0.25) is 0 Å². The number of hydrogen-bond donors (Lipinski definition) is 3. The summed E-state index contributed by atoms with van der Waals surface area (Å²) in [5, 5.41) is 5.73. The van der Waals surface area contributed by atoms with Crippen molar-refractivity contribution in [2.24, 2.45) is 23.5 Å². The van der Waals surface area contributed by atoms with E-state index >= 15 is 0 Å². The van der Waals surface area contributed by atoms with E-state index in [4.69, 9.17) is 10.5 Å². The zero-order valence-corrected chi connectivity index (χ0v) is 28.1. The van der Waals surface area contributed by atoms with E-state index in [1.807, 2.05) is 18.2 Å². The van der Waals surface area contributed by atoms with Crippen molar-refractivity contribution in [3.63, 3.8) is 0 Å². The molecule has 1 aromatic heterocycles. The minimum Gasteiger partial charge on any atom is -0.495 e. The van der Waals surface area contributed by atoms with Crippen molar-refractivity contribution in [2.45, 2.75) is 76.2 Å². The largest absolute Gasteiger partial charge is 0.495 e. The molecule has 3 aliphatic rings. The van der Waals surface area contributed by atoms with Crippen molar-refractivity contribution >= 4 is 38.3 Å². The van der Waals surface area contributed by atoms with Crippen LogP contribution in [0.25, 0.3) is 0 Å². The molecule has 1 amide bonds. The van der Waals surface area contributed by atoms with Crippen molar-refractivity contribution in [1.29, 1.82) is 0 Å². The first-order valence-electron chi connectivity index (χ1n) is 16.6. The minimum atomic E-state index is -4.74. The van der Waals surface area contributed by atoms with E-state index in [2.05, 4.69) is 34.7 Å². The number of aromatic nitrogens is 2. The lowest BCUT2D eigenvalue weighted by atomic mass is 9.68. The van der Waals surface area contributed by atoms with E-state index in [1.54, 1.807) is 26.2 Å². The third-order valence-electron chi connectivity index (χ3n) is 10.4. The Labute approximate surface area is 276 Å². The number of alkyl halides is 3. The number of likely N-dealkylation sites (tertiary alicyclic amines) is 1. The van der Waals surface area contributed by atoms with E-state index in [0.717, 1.165) is 43.7 Å². The molecule has 3 fully saturated rings. The molecule has 2 saturated carbocycles. The topological polar surface area (TPSA) is 105 Å². The molecule has 1 saturated heterocycles. The first kappa shape index (κ1) is 33.5. The highest BCUT2D eigenvalue weighted by Crippen LogP contribution is 2.46. The van der Waals surface area contributed by atoms with Crippen LogP contribution in [0.4, 0.5) is 36.3 Å². The molecule has 12 heteroatoms. The van der Waals surface area contributed by atoms with Crippen LogP contribution in [0.15, 0.2) is 42.6 Å². The number of anilines is 4. The number of benzene rings is 2. The molecule has 1 aliphatic heterocycles. The van der Waals surface area contributed by atoms with Crippen molar-refractivity contribution < 1.29 is 22.7 Å². The van der Waals surface area contributed by atoms with Gasteiger partial charge in [0.1, 0.15) is 17.1 Å². The predicted octanol–water partition coefficient (Wildman–Crippen LogP) is 8.00. The number of nitrogens with zero attached hydrogens (tertiary/aromatic N) is 3. The molecule has 6 rings (SSSR count). The normalized spacial score (nSPS) is 22.8. The number of halogens is 3. The van der Waals surface area contributed by atoms with Gasteiger partial charge in [0.05, 0.1) is 24.0 Å². The maximum Gasteiger partial charge on any atom is 0.421 e. The average Bonchev–Trinajstić information content (AvgIpc) is 3.05. The van der Waals surface area contributed by atoms with Crippen LogP contribution >= 0.6 is 9.24 Å².